The van der Waals surface area contributed by atoms with E-state index in [0.717, 1.165) is 0 Å². The average Bonchev–Trinajstić information content (AvgIpc) is 2.92. The number of benzene rings is 1. The molecule has 12 heteroatoms. The fourth-order valence-electron chi connectivity index (χ4n) is 2.04. The van der Waals surface area contributed by atoms with Crippen LogP contribution in [0.25, 0.3) is 20.9 Å². The third-order valence-electron chi connectivity index (χ3n) is 3.24. The minimum atomic E-state index is -0.578. The van der Waals surface area contributed by atoms with E-state index in [1.165, 1.54) is 29.8 Å². The van der Waals surface area contributed by atoms with Gasteiger partial charge in [0, 0.05) is 41.1 Å². The molecule has 0 atom stereocenters. The van der Waals surface area contributed by atoms with Crippen molar-refractivity contribution in [1.82, 2.24) is 15.0 Å². The standard InChI is InChI=1S/C13H13N9O3/c1-22-11(19-25-13(22)24)2-3-16-12(23)9-4-8(7-17-20-14)5-10(6-9)18-21-15/h4-6H,2-3,7H2,1H3,(H,16,23). The topological polar surface area (TPSA) is 175 Å². The Balaban J connectivity index is 2.10. The van der Waals surface area contributed by atoms with Crippen LogP contribution < -0.4 is 11.1 Å². The lowest BCUT2D eigenvalue weighted by Crippen LogP contribution is -2.27. The van der Waals surface area contributed by atoms with Gasteiger partial charge in [0.1, 0.15) is 0 Å². The summed E-state index contributed by atoms with van der Waals surface area (Å²) < 4.78 is 5.73. The van der Waals surface area contributed by atoms with E-state index in [2.05, 4.69) is 35.0 Å². The van der Waals surface area contributed by atoms with Crippen LogP contribution in [-0.4, -0.2) is 22.2 Å². The zero-order valence-electron chi connectivity index (χ0n) is 13.2. The number of azide groups is 2. The number of rotatable bonds is 7. The molecule has 1 N–H and O–H groups in total. The first-order valence-corrected chi connectivity index (χ1v) is 7.05. The summed E-state index contributed by atoms with van der Waals surface area (Å²) in [5.41, 5.74) is 17.9. The number of carbonyl (C=O) groups excluding carboxylic acids is 1. The summed E-state index contributed by atoms with van der Waals surface area (Å²) >= 11 is 0. The van der Waals surface area contributed by atoms with Crippen molar-refractivity contribution in [3.63, 3.8) is 0 Å². The second-order valence-electron chi connectivity index (χ2n) is 4.90. The smallest absolute Gasteiger partial charge is 0.352 e. The predicted molar refractivity (Wildman–Crippen MR) is 85.9 cm³/mol. The molecule has 1 amide bonds. The van der Waals surface area contributed by atoms with Crippen molar-refractivity contribution in [2.75, 3.05) is 6.54 Å². The van der Waals surface area contributed by atoms with Crippen molar-refractivity contribution in [3.8, 4) is 0 Å². The summed E-state index contributed by atoms with van der Waals surface area (Å²) in [7, 11) is 1.52. The lowest BCUT2D eigenvalue weighted by molar-refractivity contribution is 0.0953. The number of hydrogen-bond acceptors (Lipinski definition) is 6. The number of amides is 1. The van der Waals surface area contributed by atoms with Crippen molar-refractivity contribution in [2.24, 2.45) is 17.3 Å². The van der Waals surface area contributed by atoms with Gasteiger partial charge in [0.25, 0.3) is 5.91 Å². The summed E-state index contributed by atoms with van der Waals surface area (Å²) in [4.78, 5) is 28.7. The first kappa shape index (κ1) is 17.6. The van der Waals surface area contributed by atoms with Crippen LogP contribution in [0.4, 0.5) is 5.69 Å². The molecule has 0 unspecified atom stereocenters. The van der Waals surface area contributed by atoms with E-state index in [-0.39, 0.29) is 24.3 Å². The molecule has 1 aromatic heterocycles. The van der Waals surface area contributed by atoms with Crippen LogP contribution in [-0.2, 0) is 20.0 Å². The Hall–Kier alpha value is -3.75. The van der Waals surface area contributed by atoms with Crippen LogP contribution in [0, 0.1) is 0 Å². The van der Waals surface area contributed by atoms with Crippen molar-refractivity contribution in [3.05, 3.63) is 66.6 Å². The zero-order valence-corrected chi connectivity index (χ0v) is 13.2. The maximum absolute atomic E-state index is 12.2. The molecular weight excluding hydrogens is 330 g/mol. The van der Waals surface area contributed by atoms with E-state index in [1.54, 1.807) is 0 Å². The minimum absolute atomic E-state index is 0.0205. The minimum Gasteiger partial charge on any atom is -0.352 e. The molecular formula is C13H13N9O3. The summed E-state index contributed by atoms with van der Waals surface area (Å²) in [5, 5.41) is 13.1. The molecule has 0 aliphatic rings. The van der Waals surface area contributed by atoms with Gasteiger partial charge in [-0.3, -0.25) is 13.9 Å². The highest BCUT2D eigenvalue weighted by Crippen LogP contribution is 2.19. The fourth-order valence-corrected chi connectivity index (χ4v) is 2.04. The largest absolute Gasteiger partial charge is 0.441 e. The Morgan fingerprint density at radius 3 is 2.80 bits per heavy atom. The van der Waals surface area contributed by atoms with Crippen molar-refractivity contribution in [1.29, 1.82) is 0 Å². The molecule has 0 radical (unpaired) electrons. The van der Waals surface area contributed by atoms with Crippen LogP contribution >= 0.6 is 0 Å². The van der Waals surface area contributed by atoms with Gasteiger partial charge < -0.3 is 5.32 Å². The highest BCUT2D eigenvalue weighted by molar-refractivity contribution is 5.95. The first-order chi connectivity index (χ1) is 12.0. The van der Waals surface area contributed by atoms with Crippen LogP contribution in [0.15, 0.2) is 37.7 Å². The van der Waals surface area contributed by atoms with Gasteiger partial charge in [0.05, 0.1) is 6.54 Å². The molecule has 0 fully saturated rings. The van der Waals surface area contributed by atoms with E-state index >= 15 is 0 Å². The maximum Gasteiger partial charge on any atom is 0.441 e. The molecule has 1 aromatic carbocycles. The number of nitrogens with one attached hydrogen (secondary N) is 1. The second-order valence-corrected chi connectivity index (χ2v) is 4.90. The van der Waals surface area contributed by atoms with E-state index in [1.807, 2.05) is 0 Å². The Kier molecular flexibility index (Phi) is 5.77. The van der Waals surface area contributed by atoms with Gasteiger partial charge in [-0.25, -0.2) is 4.79 Å². The Bertz CT molecular complexity index is 932. The van der Waals surface area contributed by atoms with Gasteiger partial charge in [0.2, 0.25) is 0 Å². The highest BCUT2D eigenvalue weighted by Gasteiger charge is 2.10. The predicted octanol–water partition coefficient (Wildman–Crippen LogP) is 2.10. The Morgan fingerprint density at radius 1 is 1.36 bits per heavy atom. The molecule has 2 rings (SSSR count). The molecule has 25 heavy (non-hydrogen) atoms. The molecule has 2 aromatic rings. The molecule has 0 aliphatic heterocycles. The molecule has 0 aliphatic carbocycles. The fraction of sp³-hybridized carbons (Fsp3) is 0.308. The average molecular weight is 343 g/mol. The lowest BCUT2D eigenvalue weighted by atomic mass is 10.1. The Morgan fingerprint density at radius 2 is 2.16 bits per heavy atom. The number of aromatic nitrogens is 2. The van der Waals surface area contributed by atoms with Crippen LogP contribution in [0.2, 0.25) is 0 Å². The molecule has 1 heterocycles. The molecule has 128 valence electrons. The summed E-state index contributed by atoms with van der Waals surface area (Å²) in [5.74, 6) is -0.589. The van der Waals surface area contributed by atoms with Crippen molar-refractivity contribution >= 4 is 11.6 Å². The molecule has 0 saturated heterocycles. The monoisotopic (exact) mass is 343 g/mol. The quantitative estimate of drug-likeness (QED) is 0.460. The normalized spacial score (nSPS) is 9.80. The van der Waals surface area contributed by atoms with Crippen molar-refractivity contribution < 1.29 is 9.32 Å². The molecule has 12 nitrogen and oxygen atoms in total. The molecule has 0 bridgehead atoms. The second kappa shape index (κ2) is 8.20. The zero-order chi connectivity index (χ0) is 18.2. The van der Waals surface area contributed by atoms with E-state index in [0.29, 0.717) is 17.8 Å². The van der Waals surface area contributed by atoms with Gasteiger partial charge >= 0.3 is 5.76 Å². The highest BCUT2D eigenvalue weighted by atomic mass is 16.5. The van der Waals surface area contributed by atoms with Gasteiger partial charge in [-0.1, -0.05) is 15.4 Å². The lowest BCUT2D eigenvalue weighted by Gasteiger charge is -2.07. The number of hydrogen-bond donors (Lipinski definition) is 1. The van der Waals surface area contributed by atoms with E-state index in [9.17, 15) is 9.59 Å². The first-order valence-electron chi connectivity index (χ1n) is 7.05. The van der Waals surface area contributed by atoms with Crippen LogP contribution in [0.3, 0.4) is 0 Å². The molecule has 0 spiro atoms. The van der Waals surface area contributed by atoms with Gasteiger partial charge in [-0.2, -0.15) is 0 Å². The summed E-state index contributed by atoms with van der Waals surface area (Å²) in [6.45, 7) is 0.239. The van der Waals surface area contributed by atoms with Crippen LogP contribution in [0.5, 0.6) is 0 Å². The van der Waals surface area contributed by atoms with Gasteiger partial charge in [0.15, 0.2) is 5.82 Å². The third kappa shape index (κ3) is 4.61. The van der Waals surface area contributed by atoms with Crippen LogP contribution in [0.1, 0.15) is 21.7 Å². The SMILES string of the molecule is Cn1c(CCNC(=O)c2cc(CN=[N+]=[N-])cc(N=[N+]=[N-])c2)noc1=O. The summed E-state index contributed by atoms with van der Waals surface area (Å²) in [6.07, 6.45) is 0.301. The van der Waals surface area contributed by atoms with E-state index in [4.69, 9.17) is 11.1 Å². The maximum atomic E-state index is 12.2. The number of carbonyl (C=O) groups is 1. The van der Waals surface area contributed by atoms with Crippen molar-refractivity contribution in [2.45, 2.75) is 13.0 Å². The van der Waals surface area contributed by atoms with Gasteiger partial charge in [-0.05, 0) is 34.8 Å². The van der Waals surface area contributed by atoms with E-state index < -0.39 is 11.7 Å². The van der Waals surface area contributed by atoms with Gasteiger partial charge in [-0.15, -0.1) is 0 Å². The molecule has 0 saturated carbocycles. The Labute approximate surface area is 140 Å². The third-order valence-corrected chi connectivity index (χ3v) is 3.24. The number of nitrogens with zero attached hydrogens (tertiary/aromatic N) is 8. The summed E-state index contributed by atoms with van der Waals surface area (Å²) in [6, 6.07) is 4.48.